The summed E-state index contributed by atoms with van der Waals surface area (Å²) in [5.41, 5.74) is 6.02. The number of hydrogen-bond acceptors (Lipinski definition) is 3. The molecule has 0 radical (unpaired) electrons. The van der Waals surface area contributed by atoms with Crippen LogP contribution in [0.1, 0.15) is 20.3 Å². The van der Waals surface area contributed by atoms with Gasteiger partial charge in [0.05, 0.1) is 0 Å². The van der Waals surface area contributed by atoms with Crippen LogP contribution in [0.3, 0.4) is 0 Å². The van der Waals surface area contributed by atoms with Crippen molar-refractivity contribution < 1.29 is 0 Å². The van der Waals surface area contributed by atoms with E-state index < -0.39 is 0 Å². The molecule has 4 unspecified atom stereocenters. The first-order valence-corrected chi connectivity index (χ1v) is 5.20. The lowest BCUT2D eigenvalue weighted by molar-refractivity contribution is 0.219. The van der Waals surface area contributed by atoms with Gasteiger partial charge < -0.3 is 11.1 Å². The summed E-state index contributed by atoms with van der Waals surface area (Å²) in [7, 11) is 2.02. The molecule has 0 aliphatic heterocycles. The highest BCUT2D eigenvalue weighted by atomic mass is 32.1. The highest BCUT2D eigenvalue weighted by Crippen LogP contribution is 2.31. The van der Waals surface area contributed by atoms with Gasteiger partial charge in [-0.05, 0) is 25.3 Å². The number of rotatable bonds is 1. The Labute approximate surface area is 80.7 Å². The van der Waals surface area contributed by atoms with Crippen molar-refractivity contribution in [1.29, 1.82) is 0 Å². The van der Waals surface area contributed by atoms with Gasteiger partial charge in [0.2, 0.25) is 0 Å². The van der Waals surface area contributed by atoms with E-state index in [1.165, 1.54) is 6.42 Å². The minimum absolute atomic E-state index is 0.257. The van der Waals surface area contributed by atoms with E-state index in [4.69, 9.17) is 5.73 Å². The molecule has 3 heteroatoms. The first-order chi connectivity index (χ1) is 5.57. The van der Waals surface area contributed by atoms with Gasteiger partial charge in [0.1, 0.15) is 0 Å². The lowest BCUT2D eigenvalue weighted by Gasteiger charge is -2.41. The Morgan fingerprint density at radius 2 is 2.00 bits per heavy atom. The first-order valence-electron chi connectivity index (χ1n) is 4.68. The van der Waals surface area contributed by atoms with E-state index in [0.29, 0.717) is 23.1 Å². The second-order valence-corrected chi connectivity index (χ2v) is 4.63. The topological polar surface area (TPSA) is 38.0 Å². The van der Waals surface area contributed by atoms with Crippen LogP contribution in [-0.4, -0.2) is 24.4 Å². The van der Waals surface area contributed by atoms with Gasteiger partial charge in [-0.1, -0.05) is 13.8 Å². The van der Waals surface area contributed by atoms with Crippen molar-refractivity contribution in [2.24, 2.45) is 17.6 Å². The Morgan fingerprint density at radius 3 is 2.50 bits per heavy atom. The lowest BCUT2D eigenvalue weighted by atomic mass is 9.76. The maximum atomic E-state index is 6.02. The van der Waals surface area contributed by atoms with Crippen LogP contribution in [0.4, 0.5) is 0 Å². The summed E-state index contributed by atoms with van der Waals surface area (Å²) in [5.74, 6) is 1.16. The molecule has 0 heterocycles. The second-order valence-electron chi connectivity index (χ2n) is 4.04. The third kappa shape index (κ3) is 1.78. The number of nitrogens with one attached hydrogen (secondary N) is 1. The third-order valence-corrected chi connectivity index (χ3v) is 4.04. The molecule has 1 rings (SSSR count). The lowest BCUT2D eigenvalue weighted by Crippen LogP contribution is -2.53. The molecule has 0 amide bonds. The average Bonchev–Trinajstić information content (AvgIpc) is 2.08. The summed E-state index contributed by atoms with van der Waals surface area (Å²) in [6.07, 6.45) is 1.18. The largest absolute Gasteiger partial charge is 0.326 e. The summed E-state index contributed by atoms with van der Waals surface area (Å²) in [6.45, 7) is 4.44. The van der Waals surface area contributed by atoms with Crippen molar-refractivity contribution in [2.45, 2.75) is 37.6 Å². The SMILES string of the molecule is CN[C@@H]1CC(C)C(N)C(S)C1C. The monoisotopic (exact) mass is 188 g/mol. The Hall–Kier alpha value is 0.270. The fourth-order valence-corrected chi connectivity index (χ4v) is 2.58. The van der Waals surface area contributed by atoms with E-state index in [9.17, 15) is 0 Å². The molecule has 0 spiro atoms. The van der Waals surface area contributed by atoms with E-state index in [2.05, 4.69) is 31.8 Å². The predicted molar refractivity (Wildman–Crippen MR) is 56.5 cm³/mol. The van der Waals surface area contributed by atoms with Crippen LogP contribution < -0.4 is 11.1 Å². The van der Waals surface area contributed by atoms with Crippen LogP contribution in [0, 0.1) is 11.8 Å². The van der Waals surface area contributed by atoms with Crippen LogP contribution in [0.15, 0.2) is 0 Å². The molecule has 1 fully saturated rings. The van der Waals surface area contributed by atoms with Crippen molar-refractivity contribution >= 4 is 12.6 Å². The van der Waals surface area contributed by atoms with Crippen molar-refractivity contribution in [3.05, 3.63) is 0 Å². The van der Waals surface area contributed by atoms with Gasteiger partial charge >= 0.3 is 0 Å². The third-order valence-electron chi connectivity index (χ3n) is 3.22. The molecule has 1 saturated carbocycles. The summed E-state index contributed by atoms with van der Waals surface area (Å²) >= 11 is 4.56. The highest BCUT2D eigenvalue weighted by Gasteiger charge is 2.36. The molecule has 0 aromatic rings. The zero-order chi connectivity index (χ0) is 9.30. The second kappa shape index (κ2) is 3.99. The Morgan fingerprint density at radius 1 is 1.42 bits per heavy atom. The molecule has 0 aromatic carbocycles. The van der Waals surface area contributed by atoms with Crippen LogP contribution >= 0.6 is 12.6 Å². The maximum Gasteiger partial charge on any atom is 0.0211 e. The molecule has 72 valence electrons. The molecule has 0 aromatic heterocycles. The molecule has 2 nitrogen and oxygen atoms in total. The molecule has 1 aliphatic rings. The normalized spacial score (nSPS) is 49.2. The van der Waals surface area contributed by atoms with Gasteiger partial charge in [-0.2, -0.15) is 12.6 Å². The fraction of sp³-hybridized carbons (Fsp3) is 1.00. The van der Waals surface area contributed by atoms with Crippen LogP contribution in [-0.2, 0) is 0 Å². The summed E-state index contributed by atoms with van der Waals surface area (Å²) in [5, 5.41) is 3.67. The molecular weight excluding hydrogens is 168 g/mol. The molecule has 5 atom stereocenters. The molecule has 3 N–H and O–H groups in total. The predicted octanol–water partition coefficient (Wildman–Crippen LogP) is 0.876. The molecule has 1 aliphatic carbocycles. The van der Waals surface area contributed by atoms with Gasteiger partial charge in [0.25, 0.3) is 0 Å². The van der Waals surface area contributed by atoms with E-state index in [1.54, 1.807) is 0 Å². The van der Waals surface area contributed by atoms with Gasteiger partial charge in [0, 0.05) is 17.3 Å². The van der Waals surface area contributed by atoms with Crippen LogP contribution in [0.25, 0.3) is 0 Å². The van der Waals surface area contributed by atoms with Gasteiger partial charge in [-0.15, -0.1) is 0 Å². The van der Waals surface area contributed by atoms with Crippen molar-refractivity contribution in [3.8, 4) is 0 Å². The quantitative estimate of drug-likeness (QED) is 0.534. The number of thiol groups is 1. The zero-order valence-corrected chi connectivity index (χ0v) is 9.01. The van der Waals surface area contributed by atoms with Gasteiger partial charge in [-0.3, -0.25) is 0 Å². The molecule has 0 bridgehead atoms. The van der Waals surface area contributed by atoms with E-state index in [-0.39, 0.29) is 6.04 Å². The fourth-order valence-electron chi connectivity index (χ4n) is 2.08. The molecular formula is C9H20N2S. The summed E-state index contributed by atoms with van der Waals surface area (Å²) in [6, 6.07) is 0.843. The van der Waals surface area contributed by atoms with E-state index >= 15 is 0 Å². The molecule has 12 heavy (non-hydrogen) atoms. The minimum Gasteiger partial charge on any atom is -0.326 e. The summed E-state index contributed by atoms with van der Waals surface area (Å²) in [4.78, 5) is 0. The Balaban J connectivity index is 2.63. The van der Waals surface area contributed by atoms with Crippen LogP contribution in [0.2, 0.25) is 0 Å². The minimum atomic E-state index is 0.257. The number of nitrogens with two attached hydrogens (primary N) is 1. The Kier molecular flexibility index (Phi) is 3.44. The van der Waals surface area contributed by atoms with Crippen molar-refractivity contribution in [1.82, 2.24) is 5.32 Å². The van der Waals surface area contributed by atoms with E-state index in [1.807, 2.05) is 7.05 Å². The standard InChI is InChI=1S/C9H20N2S/c1-5-4-7(11-3)6(2)9(12)8(5)10/h5-9,11-12H,4,10H2,1-3H3/t5?,6?,7-,8?,9?/m1/s1. The zero-order valence-electron chi connectivity index (χ0n) is 8.12. The van der Waals surface area contributed by atoms with Crippen molar-refractivity contribution in [2.75, 3.05) is 7.05 Å². The highest BCUT2D eigenvalue weighted by molar-refractivity contribution is 7.81. The smallest absolute Gasteiger partial charge is 0.0211 e. The van der Waals surface area contributed by atoms with Crippen LogP contribution in [0.5, 0.6) is 0 Å². The molecule has 0 saturated heterocycles. The Bertz CT molecular complexity index is 147. The number of hydrogen-bond donors (Lipinski definition) is 3. The maximum absolute atomic E-state index is 6.02. The average molecular weight is 188 g/mol. The summed E-state index contributed by atoms with van der Waals surface area (Å²) < 4.78 is 0. The first kappa shape index (κ1) is 10.4. The van der Waals surface area contributed by atoms with E-state index in [0.717, 1.165) is 0 Å². The van der Waals surface area contributed by atoms with Gasteiger partial charge in [-0.25, -0.2) is 0 Å². The van der Waals surface area contributed by atoms with Crippen molar-refractivity contribution in [3.63, 3.8) is 0 Å². The van der Waals surface area contributed by atoms with Gasteiger partial charge in [0.15, 0.2) is 0 Å².